The molecule has 5 rings (SSSR count). The zero-order chi connectivity index (χ0) is 24.2. The minimum atomic E-state index is 0.133. The highest BCUT2D eigenvalue weighted by Gasteiger charge is 2.24. The lowest BCUT2D eigenvalue weighted by molar-refractivity contribution is -0.130. The Balaban J connectivity index is 1.37. The van der Waals surface area contributed by atoms with Crippen LogP contribution in [0.4, 0.5) is 11.4 Å². The van der Waals surface area contributed by atoms with Crippen molar-refractivity contribution in [2.24, 2.45) is 0 Å². The number of fused-ring (bicyclic) bond motifs is 1. The molecule has 0 spiro atoms. The topological polar surface area (TPSA) is 62.9 Å². The van der Waals surface area contributed by atoms with Crippen LogP contribution in [0.1, 0.15) is 5.56 Å². The largest absolute Gasteiger partial charge is 0.494 e. The van der Waals surface area contributed by atoms with E-state index >= 15 is 0 Å². The van der Waals surface area contributed by atoms with Crippen molar-refractivity contribution in [2.45, 2.75) is 6.42 Å². The number of pyridine rings is 2. The molecule has 3 heterocycles. The third-order valence-electron chi connectivity index (χ3n) is 6.42. The van der Waals surface area contributed by atoms with Crippen LogP contribution >= 0.6 is 0 Å². The van der Waals surface area contributed by atoms with Crippen molar-refractivity contribution >= 4 is 28.2 Å². The first kappa shape index (κ1) is 22.4. The molecule has 0 N–H and O–H groups in total. The van der Waals surface area contributed by atoms with Crippen molar-refractivity contribution in [2.75, 3.05) is 38.2 Å². The first-order valence-corrected chi connectivity index (χ1v) is 11.5. The van der Waals surface area contributed by atoms with Crippen molar-refractivity contribution in [3.63, 3.8) is 0 Å². The minimum absolute atomic E-state index is 0.133. The van der Waals surface area contributed by atoms with E-state index in [-0.39, 0.29) is 5.91 Å². The Hall–Kier alpha value is -4.44. The Bertz CT molecular complexity index is 1390. The van der Waals surface area contributed by atoms with Gasteiger partial charge in [0.15, 0.2) is 11.4 Å². The van der Waals surface area contributed by atoms with Gasteiger partial charge in [0.2, 0.25) is 5.91 Å². The summed E-state index contributed by atoms with van der Waals surface area (Å²) in [6.45, 7) is 9.90. The number of carbonyl (C=O) groups excluding carboxylic acids is 1. The smallest absolute Gasteiger partial charge is 0.227 e. The van der Waals surface area contributed by atoms with Crippen LogP contribution in [-0.4, -0.2) is 54.1 Å². The van der Waals surface area contributed by atoms with Gasteiger partial charge in [-0.05, 0) is 29.3 Å². The maximum absolute atomic E-state index is 12.8. The number of para-hydroxylation sites is 1. The number of aromatic nitrogens is 2. The molecule has 1 saturated heterocycles. The van der Waals surface area contributed by atoms with E-state index in [1.807, 2.05) is 65.7 Å². The molecule has 0 bridgehead atoms. The molecular weight excluding hydrogens is 438 g/mol. The summed E-state index contributed by atoms with van der Waals surface area (Å²) < 4.78 is 5.88. The summed E-state index contributed by atoms with van der Waals surface area (Å²) in [7, 11) is 1.68. The van der Waals surface area contributed by atoms with Gasteiger partial charge >= 0.3 is 0 Å². The molecule has 1 amide bonds. The van der Waals surface area contributed by atoms with Crippen LogP contribution in [-0.2, 0) is 11.2 Å². The number of benzene rings is 2. The first-order chi connectivity index (χ1) is 17.2. The summed E-state index contributed by atoms with van der Waals surface area (Å²) in [5, 5.41) is 0.938. The lowest BCUT2D eigenvalue weighted by Crippen LogP contribution is -2.49. The zero-order valence-electron chi connectivity index (χ0n) is 19.5. The standard InChI is InChI=1S/C28H25N5O2/c1-29-22-8-6-21(7-9-22)23-4-3-5-24-27(23)31-19-25(28(24)35-2)32-14-16-33(17-15-32)26(34)18-20-10-12-30-13-11-20/h3-13,19H,14-18H2,2H3. The number of hydrogen-bond acceptors (Lipinski definition) is 5. The Labute approximate surface area is 204 Å². The van der Waals surface area contributed by atoms with Gasteiger partial charge in [-0.2, -0.15) is 0 Å². The number of hydrogen-bond donors (Lipinski definition) is 0. The quantitative estimate of drug-likeness (QED) is 0.400. The predicted octanol–water partition coefficient (Wildman–Crippen LogP) is 4.75. The number of anilines is 1. The van der Waals surface area contributed by atoms with Crippen LogP contribution in [0.25, 0.3) is 26.9 Å². The number of amides is 1. The molecule has 0 saturated carbocycles. The summed E-state index contributed by atoms with van der Waals surface area (Å²) >= 11 is 0. The van der Waals surface area contributed by atoms with E-state index in [4.69, 9.17) is 16.3 Å². The van der Waals surface area contributed by atoms with E-state index in [1.54, 1.807) is 19.5 Å². The van der Waals surface area contributed by atoms with Crippen LogP contribution in [0.5, 0.6) is 5.75 Å². The number of ether oxygens (including phenoxy) is 1. The molecule has 35 heavy (non-hydrogen) atoms. The lowest BCUT2D eigenvalue weighted by Gasteiger charge is -2.36. The number of piperazine rings is 1. The van der Waals surface area contributed by atoms with E-state index < -0.39 is 0 Å². The average molecular weight is 464 g/mol. The van der Waals surface area contributed by atoms with Gasteiger partial charge in [0.05, 0.1) is 37.5 Å². The van der Waals surface area contributed by atoms with E-state index in [9.17, 15) is 4.79 Å². The molecule has 4 aromatic rings. The van der Waals surface area contributed by atoms with E-state index in [2.05, 4.69) is 14.7 Å². The van der Waals surface area contributed by atoms with E-state index in [1.165, 1.54) is 0 Å². The van der Waals surface area contributed by atoms with Crippen LogP contribution in [0.15, 0.2) is 73.2 Å². The molecule has 1 aliphatic heterocycles. The fraction of sp³-hybridized carbons (Fsp3) is 0.214. The number of carbonyl (C=O) groups is 1. The van der Waals surface area contributed by atoms with Gasteiger partial charge < -0.3 is 14.5 Å². The Kier molecular flexibility index (Phi) is 6.27. The second-order valence-corrected chi connectivity index (χ2v) is 8.44. The van der Waals surface area contributed by atoms with Gasteiger partial charge in [0.25, 0.3) is 0 Å². The molecule has 0 aliphatic carbocycles. The normalized spacial score (nSPS) is 13.5. The van der Waals surface area contributed by atoms with Crippen LogP contribution in [0, 0.1) is 6.57 Å². The summed E-state index contributed by atoms with van der Waals surface area (Å²) in [5.74, 6) is 0.916. The molecule has 174 valence electrons. The predicted molar refractivity (Wildman–Crippen MR) is 137 cm³/mol. The third kappa shape index (κ3) is 4.51. The fourth-order valence-corrected chi connectivity index (χ4v) is 4.56. The van der Waals surface area contributed by atoms with E-state index in [0.717, 1.165) is 39.0 Å². The molecule has 7 nitrogen and oxygen atoms in total. The molecule has 1 fully saturated rings. The van der Waals surface area contributed by atoms with Crippen molar-refractivity contribution in [3.05, 3.63) is 90.2 Å². The van der Waals surface area contributed by atoms with E-state index in [0.29, 0.717) is 38.3 Å². The highest BCUT2D eigenvalue weighted by molar-refractivity contribution is 5.99. The summed E-state index contributed by atoms with van der Waals surface area (Å²) in [6.07, 6.45) is 5.69. The lowest BCUT2D eigenvalue weighted by atomic mass is 10.0. The van der Waals surface area contributed by atoms with Gasteiger partial charge in [-0.15, -0.1) is 0 Å². The van der Waals surface area contributed by atoms with Crippen molar-refractivity contribution in [1.82, 2.24) is 14.9 Å². The minimum Gasteiger partial charge on any atom is -0.494 e. The Morgan fingerprint density at radius 1 is 1.03 bits per heavy atom. The summed E-state index contributed by atoms with van der Waals surface area (Å²) in [6, 6.07) is 17.4. The molecule has 0 radical (unpaired) electrons. The molecule has 0 unspecified atom stereocenters. The number of nitrogens with zero attached hydrogens (tertiary/aromatic N) is 5. The molecular formula is C28H25N5O2. The Morgan fingerprint density at radius 2 is 1.77 bits per heavy atom. The van der Waals surface area contributed by atoms with Crippen molar-refractivity contribution in [3.8, 4) is 16.9 Å². The first-order valence-electron chi connectivity index (χ1n) is 11.5. The van der Waals surface area contributed by atoms with Crippen molar-refractivity contribution in [1.29, 1.82) is 0 Å². The second-order valence-electron chi connectivity index (χ2n) is 8.44. The SMILES string of the molecule is [C-]#[N+]c1ccc(-c2cccc3c(OC)c(N4CCN(C(=O)Cc5ccncc5)CC4)cnc23)cc1. The molecule has 7 heteroatoms. The molecule has 0 atom stereocenters. The van der Waals surface area contributed by atoms with Gasteiger partial charge in [-0.1, -0.05) is 36.4 Å². The number of methoxy groups -OCH3 is 1. The molecule has 2 aromatic heterocycles. The highest BCUT2D eigenvalue weighted by Crippen LogP contribution is 2.39. The summed E-state index contributed by atoms with van der Waals surface area (Å²) in [4.78, 5) is 29.2. The second kappa shape index (κ2) is 9.82. The highest BCUT2D eigenvalue weighted by atomic mass is 16.5. The fourth-order valence-electron chi connectivity index (χ4n) is 4.56. The number of rotatable bonds is 5. The maximum Gasteiger partial charge on any atom is 0.227 e. The molecule has 1 aliphatic rings. The maximum atomic E-state index is 12.8. The third-order valence-corrected chi connectivity index (χ3v) is 6.42. The van der Waals surface area contributed by atoms with Gasteiger partial charge in [-0.25, -0.2) is 4.85 Å². The monoisotopic (exact) mass is 463 g/mol. The molecule has 2 aromatic carbocycles. The Morgan fingerprint density at radius 3 is 2.46 bits per heavy atom. The average Bonchev–Trinajstić information content (AvgIpc) is 2.92. The zero-order valence-corrected chi connectivity index (χ0v) is 19.5. The van der Waals surface area contributed by atoms with Gasteiger partial charge in [0.1, 0.15) is 0 Å². The van der Waals surface area contributed by atoms with Crippen molar-refractivity contribution < 1.29 is 9.53 Å². The van der Waals surface area contributed by atoms with Crippen LogP contribution in [0.2, 0.25) is 0 Å². The van der Waals surface area contributed by atoms with Gasteiger partial charge in [-0.3, -0.25) is 14.8 Å². The van der Waals surface area contributed by atoms with Crippen LogP contribution in [0.3, 0.4) is 0 Å². The van der Waals surface area contributed by atoms with Gasteiger partial charge in [0, 0.05) is 49.5 Å². The summed E-state index contributed by atoms with van der Waals surface area (Å²) in [5.41, 5.74) is 5.38. The van der Waals surface area contributed by atoms with Crippen LogP contribution < -0.4 is 9.64 Å².